The highest BCUT2D eigenvalue weighted by Gasteiger charge is 2.28. The van der Waals surface area contributed by atoms with Gasteiger partial charge in [0.25, 0.3) is 0 Å². The molecule has 162 valence electrons. The van der Waals surface area contributed by atoms with Crippen LogP contribution in [0.4, 0.5) is 4.39 Å². The van der Waals surface area contributed by atoms with Crippen LogP contribution in [0.2, 0.25) is 15.1 Å². The van der Waals surface area contributed by atoms with E-state index in [1.807, 2.05) is 0 Å². The van der Waals surface area contributed by atoms with E-state index in [9.17, 15) is 12.8 Å². The smallest absolute Gasteiger partial charge is 0.195 e. The summed E-state index contributed by atoms with van der Waals surface area (Å²) in [5, 5.41) is 8.55. The van der Waals surface area contributed by atoms with E-state index in [1.54, 1.807) is 30.3 Å². The van der Waals surface area contributed by atoms with Crippen LogP contribution in [0.5, 0.6) is 0 Å². The van der Waals surface area contributed by atoms with Crippen molar-refractivity contribution in [3.63, 3.8) is 0 Å². The van der Waals surface area contributed by atoms with E-state index < -0.39 is 15.7 Å². The summed E-state index contributed by atoms with van der Waals surface area (Å²) >= 11 is 18.5. The van der Waals surface area contributed by atoms with Gasteiger partial charge in [-0.15, -0.1) is 10.2 Å². The Bertz CT molecular complexity index is 1450. The van der Waals surface area contributed by atoms with E-state index in [0.717, 1.165) is 6.26 Å². The van der Waals surface area contributed by atoms with Crippen molar-refractivity contribution >= 4 is 44.6 Å². The molecule has 0 spiro atoms. The molecule has 0 saturated carbocycles. The largest absolute Gasteiger partial charge is 0.253 e. The summed E-state index contributed by atoms with van der Waals surface area (Å²) < 4.78 is 40.1. The number of hydrogen-bond donors (Lipinski definition) is 0. The molecule has 0 N–H and O–H groups in total. The van der Waals surface area contributed by atoms with E-state index in [4.69, 9.17) is 34.8 Å². The zero-order chi connectivity index (χ0) is 23.0. The molecule has 0 aliphatic rings. The molecule has 5 nitrogen and oxygen atoms in total. The molecular weight excluding hydrogens is 496 g/mol. The van der Waals surface area contributed by atoms with Crippen LogP contribution in [0, 0.1) is 5.82 Å². The maximum absolute atomic E-state index is 14.8. The first kappa shape index (κ1) is 22.6. The lowest BCUT2D eigenvalue weighted by atomic mass is 9.94. The molecule has 2 aromatic carbocycles. The third kappa shape index (κ3) is 4.34. The van der Waals surface area contributed by atoms with Crippen molar-refractivity contribution in [1.29, 1.82) is 0 Å². The maximum Gasteiger partial charge on any atom is 0.195 e. The summed E-state index contributed by atoms with van der Waals surface area (Å²) in [5.41, 5.74) is 1.28. The highest BCUT2D eigenvalue weighted by molar-refractivity contribution is 7.90. The Hall–Kier alpha value is -2.58. The van der Waals surface area contributed by atoms with Crippen molar-refractivity contribution in [2.24, 2.45) is 0 Å². The van der Waals surface area contributed by atoms with Crippen LogP contribution in [0.25, 0.3) is 33.6 Å². The van der Waals surface area contributed by atoms with Gasteiger partial charge in [-0.2, -0.15) is 0 Å². The summed E-state index contributed by atoms with van der Waals surface area (Å²) in [5.74, 6) is -0.551. The predicted molar refractivity (Wildman–Crippen MR) is 124 cm³/mol. The molecule has 0 saturated heterocycles. The van der Waals surface area contributed by atoms with Gasteiger partial charge < -0.3 is 0 Å². The molecule has 0 amide bonds. The van der Waals surface area contributed by atoms with Crippen LogP contribution in [-0.2, 0) is 9.84 Å². The van der Waals surface area contributed by atoms with Gasteiger partial charge in [-0.25, -0.2) is 12.8 Å². The Labute approximate surface area is 198 Å². The van der Waals surface area contributed by atoms with Crippen LogP contribution >= 0.6 is 34.8 Å². The zero-order valence-corrected chi connectivity index (χ0v) is 19.4. The molecule has 32 heavy (non-hydrogen) atoms. The standard InChI is InChI=1S/C22H13Cl3FN3O2S/c1-32(30,31)22-19(21-16(25)10-14(24)11-27-21)18(12-6-8-13(23)9-7-12)20(28-29-22)15-4-2-3-5-17(15)26/h2-11H,1H3. The summed E-state index contributed by atoms with van der Waals surface area (Å²) in [6.07, 6.45) is 2.34. The second-order valence-electron chi connectivity index (χ2n) is 6.85. The topological polar surface area (TPSA) is 72.8 Å². The average Bonchev–Trinajstić information content (AvgIpc) is 2.73. The van der Waals surface area contributed by atoms with Crippen molar-refractivity contribution in [3.8, 4) is 33.6 Å². The third-order valence-electron chi connectivity index (χ3n) is 4.60. The van der Waals surface area contributed by atoms with Crippen molar-refractivity contribution in [3.05, 3.63) is 81.7 Å². The molecule has 0 bridgehead atoms. The number of rotatable bonds is 4. The summed E-state index contributed by atoms with van der Waals surface area (Å²) in [6.45, 7) is 0. The monoisotopic (exact) mass is 507 g/mol. The molecule has 0 aliphatic carbocycles. The number of nitrogens with zero attached hydrogens (tertiary/aromatic N) is 3. The van der Waals surface area contributed by atoms with Crippen LogP contribution in [-0.4, -0.2) is 29.9 Å². The van der Waals surface area contributed by atoms with Crippen molar-refractivity contribution < 1.29 is 12.8 Å². The van der Waals surface area contributed by atoms with Gasteiger partial charge in [-0.3, -0.25) is 4.98 Å². The minimum Gasteiger partial charge on any atom is -0.253 e. The number of hydrogen-bond acceptors (Lipinski definition) is 5. The van der Waals surface area contributed by atoms with Gasteiger partial charge in [0.05, 0.1) is 21.3 Å². The third-order valence-corrected chi connectivity index (χ3v) is 6.33. The summed E-state index contributed by atoms with van der Waals surface area (Å²) in [4.78, 5) is 4.27. The highest BCUT2D eigenvalue weighted by Crippen LogP contribution is 2.43. The van der Waals surface area contributed by atoms with Crippen molar-refractivity contribution in [2.75, 3.05) is 6.26 Å². The molecule has 0 unspecified atom stereocenters. The first-order valence-corrected chi connectivity index (χ1v) is 12.1. The fourth-order valence-corrected chi connectivity index (χ4v) is 4.60. The molecule has 2 aromatic heterocycles. The van der Waals surface area contributed by atoms with Gasteiger partial charge >= 0.3 is 0 Å². The van der Waals surface area contributed by atoms with E-state index >= 15 is 0 Å². The lowest BCUT2D eigenvalue weighted by molar-refractivity contribution is 0.596. The maximum atomic E-state index is 14.8. The number of aromatic nitrogens is 3. The molecule has 0 fully saturated rings. The van der Waals surface area contributed by atoms with Gasteiger partial charge in [0, 0.05) is 28.6 Å². The minimum absolute atomic E-state index is 0.0877. The first-order valence-electron chi connectivity index (χ1n) is 9.10. The predicted octanol–water partition coefficient (Wildman–Crippen LogP) is 6.38. The Balaban J connectivity index is 2.22. The minimum atomic E-state index is -3.88. The SMILES string of the molecule is CS(=O)(=O)c1nnc(-c2ccccc2F)c(-c2ccc(Cl)cc2)c1-c1ncc(Cl)cc1Cl. The number of halogens is 4. The number of sulfone groups is 1. The number of pyridine rings is 1. The second kappa shape index (κ2) is 8.75. The Morgan fingerprint density at radius 1 is 0.844 bits per heavy atom. The molecule has 10 heteroatoms. The fraction of sp³-hybridized carbons (Fsp3) is 0.0455. The summed E-state index contributed by atoms with van der Waals surface area (Å²) in [7, 11) is -3.88. The molecule has 0 atom stereocenters. The average molecular weight is 509 g/mol. The first-order chi connectivity index (χ1) is 15.2. The van der Waals surface area contributed by atoms with Gasteiger partial charge in [0.2, 0.25) is 0 Å². The molecule has 0 radical (unpaired) electrons. The van der Waals surface area contributed by atoms with Gasteiger partial charge in [-0.05, 0) is 35.9 Å². The Morgan fingerprint density at radius 3 is 2.16 bits per heavy atom. The van der Waals surface area contributed by atoms with E-state index in [1.165, 1.54) is 30.5 Å². The summed E-state index contributed by atoms with van der Waals surface area (Å²) in [6, 6.07) is 14.0. The highest BCUT2D eigenvalue weighted by atomic mass is 35.5. The number of benzene rings is 2. The molecule has 2 heterocycles. The lowest BCUT2D eigenvalue weighted by Gasteiger charge is -2.18. The molecular formula is C22H13Cl3FN3O2S. The van der Waals surface area contributed by atoms with Gasteiger partial charge in [-0.1, -0.05) is 59.1 Å². The second-order valence-corrected chi connectivity index (χ2v) is 10.1. The molecule has 4 aromatic rings. The van der Waals surface area contributed by atoms with Crippen molar-refractivity contribution in [1.82, 2.24) is 15.2 Å². The van der Waals surface area contributed by atoms with E-state index in [0.29, 0.717) is 16.1 Å². The van der Waals surface area contributed by atoms with Gasteiger partial charge in [0.15, 0.2) is 14.9 Å². The van der Waals surface area contributed by atoms with E-state index in [2.05, 4.69) is 15.2 Å². The quantitative estimate of drug-likeness (QED) is 0.320. The van der Waals surface area contributed by atoms with Crippen LogP contribution in [0.15, 0.2) is 65.8 Å². The molecule has 0 aliphatic heterocycles. The van der Waals surface area contributed by atoms with Crippen LogP contribution < -0.4 is 0 Å². The van der Waals surface area contributed by atoms with Crippen molar-refractivity contribution in [2.45, 2.75) is 5.03 Å². The van der Waals surface area contributed by atoms with Crippen LogP contribution in [0.1, 0.15) is 0 Å². The molecule has 4 rings (SSSR count). The Kier molecular flexibility index (Phi) is 6.18. The normalized spacial score (nSPS) is 11.5. The zero-order valence-electron chi connectivity index (χ0n) is 16.4. The van der Waals surface area contributed by atoms with Crippen LogP contribution in [0.3, 0.4) is 0 Å². The lowest BCUT2D eigenvalue weighted by Crippen LogP contribution is -2.09. The van der Waals surface area contributed by atoms with Gasteiger partial charge in [0.1, 0.15) is 11.5 Å². The van der Waals surface area contributed by atoms with E-state index in [-0.39, 0.29) is 37.6 Å². The Morgan fingerprint density at radius 2 is 1.53 bits per heavy atom. The fourth-order valence-electron chi connectivity index (χ4n) is 3.24.